The Hall–Kier alpha value is -2.08. The van der Waals surface area contributed by atoms with Gasteiger partial charge in [-0.2, -0.15) is 0 Å². The lowest BCUT2D eigenvalue weighted by molar-refractivity contribution is -0.119. The smallest absolute Gasteiger partial charge is 0.337 e. The maximum absolute atomic E-state index is 11.6. The lowest BCUT2D eigenvalue weighted by atomic mass is 10.2. The highest BCUT2D eigenvalue weighted by molar-refractivity contribution is 5.90. The monoisotopic (exact) mass is 279 g/mol. The lowest BCUT2D eigenvalue weighted by Gasteiger charge is -2.11. The molecule has 0 aliphatic heterocycles. The van der Waals surface area contributed by atoms with Gasteiger partial charge in [0, 0.05) is 18.8 Å². The molecule has 0 aliphatic carbocycles. The van der Waals surface area contributed by atoms with Crippen LogP contribution >= 0.6 is 0 Å². The summed E-state index contributed by atoms with van der Waals surface area (Å²) in [7, 11) is 5.23. The zero-order chi connectivity index (χ0) is 15.0. The third-order valence-corrected chi connectivity index (χ3v) is 2.62. The van der Waals surface area contributed by atoms with Crippen LogP contribution in [0.5, 0.6) is 0 Å². The van der Waals surface area contributed by atoms with Gasteiger partial charge < -0.3 is 20.3 Å². The molecule has 0 fully saturated rings. The van der Waals surface area contributed by atoms with Gasteiger partial charge in [-0.3, -0.25) is 4.79 Å². The quantitative estimate of drug-likeness (QED) is 0.714. The fourth-order valence-electron chi connectivity index (χ4n) is 1.54. The number of anilines is 1. The zero-order valence-electron chi connectivity index (χ0n) is 12.1. The Morgan fingerprint density at radius 1 is 1.30 bits per heavy atom. The standard InChI is InChI=1S/C14H21N3O3/c1-17(2)8-7-15-13(18)10-16-12-6-4-5-11(9-12)14(19)20-3/h4-6,9,16H,7-8,10H2,1-3H3,(H,15,18). The molecule has 0 unspecified atom stereocenters. The summed E-state index contributed by atoms with van der Waals surface area (Å²) in [6, 6.07) is 6.84. The molecule has 0 heterocycles. The van der Waals surface area contributed by atoms with Gasteiger partial charge in [0.15, 0.2) is 0 Å². The first-order chi connectivity index (χ1) is 9.52. The molecule has 6 nitrogen and oxygen atoms in total. The molecular formula is C14H21N3O3. The van der Waals surface area contributed by atoms with E-state index < -0.39 is 5.97 Å². The van der Waals surface area contributed by atoms with E-state index in [1.54, 1.807) is 24.3 Å². The van der Waals surface area contributed by atoms with Gasteiger partial charge in [-0.05, 0) is 32.3 Å². The summed E-state index contributed by atoms with van der Waals surface area (Å²) in [4.78, 5) is 25.0. The average Bonchev–Trinajstić information content (AvgIpc) is 2.44. The molecule has 0 radical (unpaired) electrons. The van der Waals surface area contributed by atoms with Crippen molar-refractivity contribution in [3.05, 3.63) is 29.8 Å². The second-order valence-electron chi connectivity index (χ2n) is 4.58. The fourth-order valence-corrected chi connectivity index (χ4v) is 1.54. The van der Waals surface area contributed by atoms with Crippen molar-refractivity contribution in [2.75, 3.05) is 46.2 Å². The van der Waals surface area contributed by atoms with Crippen LogP contribution in [-0.2, 0) is 9.53 Å². The molecule has 1 rings (SSSR count). The van der Waals surface area contributed by atoms with Gasteiger partial charge in [0.2, 0.25) is 5.91 Å². The minimum absolute atomic E-state index is 0.0877. The van der Waals surface area contributed by atoms with E-state index >= 15 is 0 Å². The van der Waals surface area contributed by atoms with E-state index in [9.17, 15) is 9.59 Å². The van der Waals surface area contributed by atoms with Crippen molar-refractivity contribution in [2.24, 2.45) is 0 Å². The number of rotatable bonds is 7. The van der Waals surface area contributed by atoms with E-state index in [0.717, 1.165) is 6.54 Å². The lowest BCUT2D eigenvalue weighted by Crippen LogP contribution is -2.35. The van der Waals surface area contributed by atoms with Crippen molar-refractivity contribution in [1.29, 1.82) is 0 Å². The number of ether oxygens (including phenoxy) is 1. The number of esters is 1. The first-order valence-corrected chi connectivity index (χ1v) is 6.36. The molecule has 1 aromatic rings. The minimum Gasteiger partial charge on any atom is -0.465 e. The van der Waals surface area contributed by atoms with Gasteiger partial charge in [-0.1, -0.05) is 6.07 Å². The second kappa shape index (κ2) is 8.16. The first-order valence-electron chi connectivity index (χ1n) is 6.36. The Morgan fingerprint density at radius 2 is 2.05 bits per heavy atom. The number of nitrogens with one attached hydrogen (secondary N) is 2. The topological polar surface area (TPSA) is 70.7 Å². The van der Waals surface area contributed by atoms with Crippen LogP contribution in [0.2, 0.25) is 0 Å². The maximum Gasteiger partial charge on any atom is 0.337 e. The van der Waals surface area contributed by atoms with Crippen LogP contribution in [0, 0.1) is 0 Å². The summed E-state index contributed by atoms with van der Waals surface area (Å²) >= 11 is 0. The Bertz CT molecular complexity index is 461. The van der Waals surface area contributed by atoms with Crippen LogP contribution in [0.4, 0.5) is 5.69 Å². The van der Waals surface area contributed by atoms with Crippen LogP contribution < -0.4 is 10.6 Å². The summed E-state index contributed by atoms with van der Waals surface area (Å²) in [6.45, 7) is 1.57. The molecule has 0 spiro atoms. The molecule has 0 atom stereocenters. The normalized spacial score (nSPS) is 10.2. The number of nitrogens with zero attached hydrogens (tertiary/aromatic N) is 1. The van der Waals surface area contributed by atoms with Gasteiger partial charge in [0.25, 0.3) is 0 Å². The Kier molecular flexibility index (Phi) is 6.52. The summed E-state index contributed by atoms with van der Waals surface area (Å²) in [5, 5.41) is 5.77. The number of carbonyl (C=O) groups is 2. The van der Waals surface area contributed by atoms with E-state index in [1.807, 2.05) is 19.0 Å². The van der Waals surface area contributed by atoms with Crippen molar-refractivity contribution >= 4 is 17.6 Å². The minimum atomic E-state index is -0.399. The predicted molar refractivity (Wildman–Crippen MR) is 77.8 cm³/mol. The van der Waals surface area contributed by atoms with Crippen LogP contribution in [-0.4, -0.2) is 57.6 Å². The molecule has 0 saturated heterocycles. The van der Waals surface area contributed by atoms with Gasteiger partial charge in [0.05, 0.1) is 19.2 Å². The van der Waals surface area contributed by atoms with Gasteiger partial charge in [-0.15, -0.1) is 0 Å². The maximum atomic E-state index is 11.6. The third-order valence-electron chi connectivity index (χ3n) is 2.62. The number of benzene rings is 1. The average molecular weight is 279 g/mol. The molecular weight excluding hydrogens is 258 g/mol. The molecule has 1 aromatic carbocycles. The van der Waals surface area contributed by atoms with Crippen LogP contribution in [0.1, 0.15) is 10.4 Å². The van der Waals surface area contributed by atoms with Gasteiger partial charge >= 0.3 is 5.97 Å². The number of amides is 1. The van der Waals surface area contributed by atoms with Crippen LogP contribution in [0.25, 0.3) is 0 Å². The van der Waals surface area contributed by atoms with E-state index in [4.69, 9.17) is 0 Å². The van der Waals surface area contributed by atoms with E-state index in [1.165, 1.54) is 7.11 Å². The Labute approximate surface area is 119 Å². The number of methoxy groups -OCH3 is 1. The van der Waals surface area contributed by atoms with E-state index in [-0.39, 0.29) is 12.5 Å². The fraction of sp³-hybridized carbons (Fsp3) is 0.429. The molecule has 2 N–H and O–H groups in total. The molecule has 110 valence electrons. The molecule has 0 aliphatic rings. The zero-order valence-corrected chi connectivity index (χ0v) is 12.1. The van der Waals surface area contributed by atoms with Gasteiger partial charge in [0.1, 0.15) is 0 Å². The van der Waals surface area contributed by atoms with E-state index in [0.29, 0.717) is 17.8 Å². The van der Waals surface area contributed by atoms with Crippen molar-refractivity contribution in [2.45, 2.75) is 0 Å². The summed E-state index contributed by atoms with van der Waals surface area (Å²) < 4.78 is 4.64. The molecule has 0 saturated carbocycles. The van der Waals surface area contributed by atoms with E-state index in [2.05, 4.69) is 15.4 Å². The molecule has 20 heavy (non-hydrogen) atoms. The summed E-state index contributed by atoms with van der Waals surface area (Å²) in [5.74, 6) is -0.487. The highest BCUT2D eigenvalue weighted by Crippen LogP contribution is 2.10. The van der Waals surface area contributed by atoms with Crippen LogP contribution in [0.15, 0.2) is 24.3 Å². The van der Waals surface area contributed by atoms with Crippen molar-refractivity contribution in [3.8, 4) is 0 Å². The largest absolute Gasteiger partial charge is 0.465 e. The van der Waals surface area contributed by atoms with Crippen molar-refractivity contribution in [1.82, 2.24) is 10.2 Å². The third kappa shape index (κ3) is 5.71. The van der Waals surface area contributed by atoms with Crippen molar-refractivity contribution < 1.29 is 14.3 Å². The SMILES string of the molecule is COC(=O)c1cccc(NCC(=O)NCCN(C)C)c1. The number of hydrogen-bond donors (Lipinski definition) is 2. The van der Waals surface area contributed by atoms with Gasteiger partial charge in [-0.25, -0.2) is 4.79 Å². The predicted octanol–water partition coefficient (Wildman–Crippen LogP) is 0.563. The van der Waals surface area contributed by atoms with Crippen molar-refractivity contribution in [3.63, 3.8) is 0 Å². The number of hydrogen-bond acceptors (Lipinski definition) is 5. The molecule has 0 bridgehead atoms. The highest BCUT2D eigenvalue weighted by atomic mass is 16.5. The van der Waals surface area contributed by atoms with Crippen LogP contribution in [0.3, 0.4) is 0 Å². The molecule has 6 heteroatoms. The molecule has 0 aromatic heterocycles. The Morgan fingerprint density at radius 3 is 2.70 bits per heavy atom. The molecule has 1 amide bonds. The number of carbonyl (C=O) groups excluding carboxylic acids is 2. The second-order valence-corrected chi connectivity index (χ2v) is 4.58. The first kappa shape index (κ1) is 16.0. The summed E-state index contributed by atoms with van der Waals surface area (Å²) in [5.41, 5.74) is 1.15. The highest BCUT2D eigenvalue weighted by Gasteiger charge is 2.06. The Balaban J connectivity index is 2.41. The summed E-state index contributed by atoms with van der Waals surface area (Å²) in [6.07, 6.45) is 0. The number of likely N-dealkylation sites (N-methyl/N-ethyl adjacent to an activating group) is 1.